The Morgan fingerprint density at radius 3 is 3.06 bits per heavy atom. The van der Waals surface area contributed by atoms with E-state index < -0.39 is 0 Å². The summed E-state index contributed by atoms with van der Waals surface area (Å²) in [5, 5.41) is 2.37. The maximum absolute atomic E-state index is 11.7. The fourth-order valence-electron chi connectivity index (χ4n) is 2.73. The smallest absolute Gasteiger partial charge is 0.338 e. The van der Waals surface area contributed by atoms with E-state index in [0.29, 0.717) is 24.0 Å². The molecule has 1 aliphatic heterocycles. The second-order valence-electron chi connectivity index (χ2n) is 5.03. The zero-order valence-corrected chi connectivity index (χ0v) is 11.2. The number of carbonyl (C=O) groups is 1. The lowest BCUT2D eigenvalue weighted by Gasteiger charge is -2.27. The molecule has 0 aliphatic carbocycles. The van der Waals surface area contributed by atoms with Crippen LogP contribution in [0.25, 0.3) is 0 Å². The Balaban J connectivity index is 2.18. The summed E-state index contributed by atoms with van der Waals surface area (Å²) >= 11 is 0. The second kappa shape index (κ2) is 6.01. The molecule has 0 bridgehead atoms. The van der Waals surface area contributed by atoms with Gasteiger partial charge in [0.15, 0.2) is 0 Å². The molecule has 0 unspecified atom stereocenters. The lowest BCUT2D eigenvalue weighted by molar-refractivity contribution is -0.669. The number of carbonyl (C=O) groups excluding carboxylic acids is 1. The predicted molar refractivity (Wildman–Crippen MR) is 70.6 cm³/mol. The van der Waals surface area contributed by atoms with Gasteiger partial charge >= 0.3 is 5.97 Å². The lowest BCUT2D eigenvalue weighted by Crippen LogP contribution is -2.87. The van der Waals surface area contributed by atoms with Crippen LogP contribution in [0.15, 0.2) is 24.3 Å². The average molecular weight is 248 g/mol. The highest BCUT2D eigenvalue weighted by atomic mass is 16.5. The molecule has 3 nitrogen and oxygen atoms in total. The highest BCUT2D eigenvalue weighted by Crippen LogP contribution is 2.28. The zero-order chi connectivity index (χ0) is 13.0. The summed E-state index contributed by atoms with van der Waals surface area (Å²) in [6, 6.07) is 7.94. The van der Waals surface area contributed by atoms with Crippen molar-refractivity contribution in [3.05, 3.63) is 35.4 Å². The van der Waals surface area contributed by atoms with Gasteiger partial charge in [-0.2, -0.15) is 0 Å². The number of piperidine rings is 1. The third-order valence-electron chi connectivity index (χ3n) is 3.73. The molecular formula is C15H22NO2+. The topological polar surface area (TPSA) is 42.9 Å². The highest BCUT2D eigenvalue weighted by molar-refractivity contribution is 5.89. The normalized spacial score (nSPS) is 23.7. The molecule has 1 heterocycles. The van der Waals surface area contributed by atoms with Crippen LogP contribution in [0.5, 0.6) is 0 Å². The summed E-state index contributed by atoms with van der Waals surface area (Å²) in [6.45, 7) is 6.91. The van der Waals surface area contributed by atoms with Crippen LogP contribution < -0.4 is 5.32 Å². The lowest BCUT2D eigenvalue weighted by atomic mass is 9.82. The Morgan fingerprint density at radius 2 is 2.33 bits per heavy atom. The summed E-state index contributed by atoms with van der Waals surface area (Å²) in [6.07, 6.45) is 1.19. The second-order valence-corrected chi connectivity index (χ2v) is 5.03. The van der Waals surface area contributed by atoms with Crippen molar-refractivity contribution in [2.24, 2.45) is 5.92 Å². The molecule has 0 spiro atoms. The molecule has 1 saturated heterocycles. The van der Waals surface area contributed by atoms with Crippen LogP contribution in [0.1, 0.15) is 42.1 Å². The van der Waals surface area contributed by atoms with E-state index in [1.807, 2.05) is 25.1 Å². The van der Waals surface area contributed by atoms with Crippen LogP contribution in [0.3, 0.4) is 0 Å². The number of esters is 1. The summed E-state index contributed by atoms with van der Waals surface area (Å²) in [5.41, 5.74) is 1.96. The van der Waals surface area contributed by atoms with Crippen molar-refractivity contribution < 1.29 is 14.8 Å². The monoisotopic (exact) mass is 248 g/mol. The van der Waals surface area contributed by atoms with Gasteiger partial charge in [-0.05, 0) is 30.5 Å². The van der Waals surface area contributed by atoms with E-state index in [1.54, 1.807) is 0 Å². The van der Waals surface area contributed by atoms with Crippen molar-refractivity contribution in [3.63, 3.8) is 0 Å². The largest absolute Gasteiger partial charge is 0.462 e. The SMILES string of the molecule is CCOC(=O)c1cccc([C@@H]2CC[NH2+]C[C@@H]2C)c1. The third kappa shape index (κ3) is 2.91. The number of nitrogens with two attached hydrogens (primary N) is 1. The number of hydrogen-bond acceptors (Lipinski definition) is 2. The zero-order valence-electron chi connectivity index (χ0n) is 11.2. The standard InChI is InChI=1S/C15H21NO2/c1-3-18-15(17)13-6-4-5-12(9-13)14-7-8-16-10-11(14)2/h4-6,9,11,14,16H,3,7-8,10H2,1-2H3/p+1/t11-,14+/m0/s1. The van der Waals surface area contributed by atoms with Crippen LogP contribution in [0, 0.1) is 5.92 Å². The van der Waals surface area contributed by atoms with E-state index in [9.17, 15) is 4.79 Å². The third-order valence-corrected chi connectivity index (χ3v) is 3.73. The van der Waals surface area contributed by atoms with E-state index >= 15 is 0 Å². The quantitative estimate of drug-likeness (QED) is 0.825. The van der Waals surface area contributed by atoms with Crippen LogP contribution in [0.4, 0.5) is 0 Å². The first-order valence-corrected chi connectivity index (χ1v) is 6.81. The minimum Gasteiger partial charge on any atom is -0.462 e. The molecule has 0 aromatic heterocycles. The van der Waals surface area contributed by atoms with Crippen molar-refractivity contribution in [2.75, 3.05) is 19.7 Å². The van der Waals surface area contributed by atoms with Crippen LogP contribution in [-0.2, 0) is 4.74 Å². The molecule has 2 atom stereocenters. The molecular weight excluding hydrogens is 226 g/mol. The minimum absolute atomic E-state index is 0.214. The van der Waals surface area contributed by atoms with Gasteiger partial charge < -0.3 is 10.1 Å². The molecule has 2 rings (SSSR count). The Hall–Kier alpha value is -1.35. The van der Waals surface area contributed by atoms with Gasteiger partial charge in [-0.1, -0.05) is 19.1 Å². The van der Waals surface area contributed by atoms with Crippen molar-refractivity contribution in [1.82, 2.24) is 0 Å². The molecule has 0 amide bonds. The van der Waals surface area contributed by atoms with Gasteiger partial charge in [-0.15, -0.1) is 0 Å². The number of hydrogen-bond donors (Lipinski definition) is 1. The Bertz CT molecular complexity index is 417. The van der Waals surface area contributed by atoms with Crippen molar-refractivity contribution >= 4 is 5.97 Å². The summed E-state index contributed by atoms with van der Waals surface area (Å²) in [5.74, 6) is 1.02. The molecule has 1 aromatic carbocycles. The van der Waals surface area contributed by atoms with Crippen LogP contribution in [-0.4, -0.2) is 25.7 Å². The molecule has 18 heavy (non-hydrogen) atoms. The van der Waals surface area contributed by atoms with E-state index in [4.69, 9.17) is 4.74 Å². The van der Waals surface area contributed by atoms with E-state index in [-0.39, 0.29) is 5.97 Å². The molecule has 2 N–H and O–H groups in total. The highest BCUT2D eigenvalue weighted by Gasteiger charge is 2.25. The van der Waals surface area contributed by atoms with Crippen molar-refractivity contribution in [2.45, 2.75) is 26.2 Å². The fourth-order valence-corrected chi connectivity index (χ4v) is 2.73. The predicted octanol–water partition coefficient (Wildman–Crippen LogP) is 1.55. The van der Waals surface area contributed by atoms with Gasteiger partial charge in [-0.25, -0.2) is 4.79 Å². The van der Waals surface area contributed by atoms with E-state index in [2.05, 4.69) is 18.3 Å². The average Bonchev–Trinajstić information content (AvgIpc) is 2.40. The molecule has 98 valence electrons. The van der Waals surface area contributed by atoms with Crippen LogP contribution >= 0.6 is 0 Å². The Labute approximate surface area is 109 Å². The van der Waals surface area contributed by atoms with E-state index in [0.717, 1.165) is 0 Å². The maximum atomic E-state index is 11.7. The molecule has 1 aromatic rings. The molecule has 1 fully saturated rings. The van der Waals surface area contributed by atoms with Gasteiger partial charge in [-0.3, -0.25) is 0 Å². The molecule has 0 saturated carbocycles. The molecule has 0 radical (unpaired) electrons. The molecule has 3 heteroatoms. The summed E-state index contributed by atoms with van der Waals surface area (Å²) in [4.78, 5) is 11.7. The first kappa shape index (κ1) is 13.1. The first-order valence-electron chi connectivity index (χ1n) is 6.81. The Morgan fingerprint density at radius 1 is 1.50 bits per heavy atom. The van der Waals surface area contributed by atoms with Gasteiger partial charge in [0.2, 0.25) is 0 Å². The fraction of sp³-hybridized carbons (Fsp3) is 0.533. The van der Waals surface area contributed by atoms with E-state index in [1.165, 1.54) is 25.1 Å². The molecule has 1 aliphatic rings. The number of ether oxygens (including phenoxy) is 1. The van der Waals surface area contributed by atoms with Crippen molar-refractivity contribution in [1.29, 1.82) is 0 Å². The van der Waals surface area contributed by atoms with Crippen molar-refractivity contribution in [3.8, 4) is 0 Å². The van der Waals surface area contributed by atoms with Gasteiger partial charge in [0, 0.05) is 12.3 Å². The number of benzene rings is 1. The van der Waals surface area contributed by atoms with Gasteiger partial charge in [0.1, 0.15) is 0 Å². The minimum atomic E-state index is -0.214. The van der Waals surface area contributed by atoms with Gasteiger partial charge in [0.05, 0.1) is 25.3 Å². The number of rotatable bonds is 3. The first-order chi connectivity index (χ1) is 8.72. The van der Waals surface area contributed by atoms with Gasteiger partial charge in [0.25, 0.3) is 0 Å². The summed E-state index contributed by atoms with van der Waals surface area (Å²) in [7, 11) is 0. The Kier molecular flexibility index (Phi) is 4.37. The number of quaternary nitrogens is 1. The summed E-state index contributed by atoms with van der Waals surface area (Å²) < 4.78 is 5.05. The maximum Gasteiger partial charge on any atom is 0.338 e. The van der Waals surface area contributed by atoms with Crippen LogP contribution in [0.2, 0.25) is 0 Å².